The Balaban J connectivity index is 1.54. The third kappa shape index (κ3) is 2.50. The summed E-state index contributed by atoms with van der Waals surface area (Å²) >= 11 is 0. The van der Waals surface area contributed by atoms with Crippen LogP contribution in [0.1, 0.15) is 40.1 Å². The summed E-state index contributed by atoms with van der Waals surface area (Å²) in [5.41, 5.74) is 1.69. The molecule has 2 aliphatic heterocycles. The summed E-state index contributed by atoms with van der Waals surface area (Å²) in [5.74, 6) is -0.696. The number of amides is 3. The summed E-state index contributed by atoms with van der Waals surface area (Å²) in [6.45, 7) is 4.38. The molecule has 4 rings (SSSR count). The molecular formula is C20H18N2O4. The van der Waals surface area contributed by atoms with Gasteiger partial charge in [0.25, 0.3) is 17.7 Å². The molecule has 0 bridgehead atoms. The van der Waals surface area contributed by atoms with Crippen LogP contribution in [-0.4, -0.2) is 29.4 Å². The minimum Gasteiger partial charge on any atom is -0.272 e. The van der Waals surface area contributed by atoms with Gasteiger partial charge in [-0.1, -0.05) is 24.3 Å². The van der Waals surface area contributed by atoms with Crippen LogP contribution in [0.4, 0.5) is 5.69 Å². The predicted octanol–water partition coefficient (Wildman–Crippen LogP) is 2.79. The molecule has 0 saturated carbocycles. The van der Waals surface area contributed by atoms with Crippen molar-refractivity contribution < 1.29 is 19.2 Å². The zero-order valence-electron chi connectivity index (χ0n) is 14.6. The second kappa shape index (κ2) is 5.78. The zero-order chi connectivity index (χ0) is 18.5. The van der Waals surface area contributed by atoms with Gasteiger partial charge >= 0.3 is 0 Å². The molecule has 1 saturated heterocycles. The summed E-state index contributed by atoms with van der Waals surface area (Å²) in [5, 5.41) is 1.36. The second-order valence-electron chi connectivity index (χ2n) is 7.16. The van der Waals surface area contributed by atoms with Gasteiger partial charge in [0.2, 0.25) is 0 Å². The Morgan fingerprint density at radius 3 is 2.00 bits per heavy atom. The van der Waals surface area contributed by atoms with Gasteiger partial charge in [0.05, 0.1) is 35.4 Å². The van der Waals surface area contributed by atoms with Gasteiger partial charge in [-0.25, -0.2) is 9.96 Å². The predicted molar refractivity (Wildman–Crippen MR) is 94.3 cm³/mol. The van der Waals surface area contributed by atoms with E-state index in [0.29, 0.717) is 30.0 Å². The van der Waals surface area contributed by atoms with Crippen molar-refractivity contribution in [3.05, 3.63) is 65.2 Å². The summed E-state index contributed by atoms with van der Waals surface area (Å²) in [7, 11) is 0. The molecule has 2 heterocycles. The monoisotopic (exact) mass is 350 g/mol. The highest BCUT2D eigenvalue weighted by molar-refractivity contribution is 6.34. The van der Waals surface area contributed by atoms with Crippen LogP contribution in [0.25, 0.3) is 0 Å². The maximum absolute atomic E-state index is 12.5. The molecule has 2 aromatic carbocycles. The number of nitrogens with zero attached hydrogens (tertiary/aromatic N) is 2. The van der Waals surface area contributed by atoms with Crippen LogP contribution in [-0.2, 0) is 16.2 Å². The molecule has 6 heteroatoms. The smallest absolute Gasteiger partial charge is 0.266 e. The molecule has 0 aromatic heterocycles. The quantitative estimate of drug-likeness (QED) is 0.799. The lowest BCUT2D eigenvalue weighted by Crippen LogP contribution is -2.30. The number of benzene rings is 2. The van der Waals surface area contributed by atoms with E-state index in [4.69, 9.17) is 4.84 Å². The van der Waals surface area contributed by atoms with E-state index in [-0.39, 0.29) is 17.7 Å². The van der Waals surface area contributed by atoms with Crippen LogP contribution in [0.5, 0.6) is 0 Å². The zero-order valence-corrected chi connectivity index (χ0v) is 14.6. The molecule has 1 fully saturated rings. The van der Waals surface area contributed by atoms with E-state index >= 15 is 0 Å². The SMILES string of the molecule is CC1(C)CON(Cc2ccc(N3C(=O)c4ccccc4C3=O)cc2)C1=O. The number of fused-ring (bicyclic) bond motifs is 1. The minimum absolute atomic E-state index is 0.0538. The summed E-state index contributed by atoms with van der Waals surface area (Å²) in [6.07, 6.45) is 0. The molecule has 26 heavy (non-hydrogen) atoms. The molecule has 132 valence electrons. The molecule has 0 radical (unpaired) electrons. The minimum atomic E-state index is -0.514. The van der Waals surface area contributed by atoms with Crippen molar-refractivity contribution in [2.24, 2.45) is 5.41 Å². The van der Waals surface area contributed by atoms with Gasteiger partial charge in [0.1, 0.15) is 0 Å². The molecule has 0 atom stereocenters. The number of imide groups is 1. The molecule has 0 aliphatic carbocycles. The fraction of sp³-hybridized carbons (Fsp3) is 0.250. The number of carbonyl (C=O) groups is 3. The Morgan fingerprint density at radius 2 is 1.50 bits per heavy atom. The van der Waals surface area contributed by atoms with Gasteiger partial charge in [-0.05, 0) is 43.7 Å². The van der Waals surface area contributed by atoms with Gasteiger partial charge in [-0.3, -0.25) is 19.2 Å². The maximum atomic E-state index is 12.5. The molecule has 0 unspecified atom stereocenters. The summed E-state index contributed by atoms with van der Waals surface area (Å²) < 4.78 is 0. The van der Waals surface area contributed by atoms with Crippen LogP contribution in [0, 0.1) is 5.41 Å². The fourth-order valence-electron chi connectivity index (χ4n) is 3.15. The number of anilines is 1. The first-order chi connectivity index (χ1) is 12.4. The average Bonchev–Trinajstić information content (AvgIpc) is 3.04. The number of hydroxylamine groups is 2. The topological polar surface area (TPSA) is 66.9 Å². The largest absolute Gasteiger partial charge is 0.272 e. The highest BCUT2D eigenvalue weighted by atomic mass is 16.7. The highest BCUT2D eigenvalue weighted by Gasteiger charge is 2.40. The molecule has 0 N–H and O–H groups in total. The first-order valence-corrected chi connectivity index (χ1v) is 8.40. The van der Waals surface area contributed by atoms with Gasteiger partial charge in [-0.15, -0.1) is 0 Å². The normalized spacial score (nSPS) is 18.6. The van der Waals surface area contributed by atoms with E-state index in [1.165, 1.54) is 9.96 Å². The van der Waals surface area contributed by atoms with Crippen molar-refractivity contribution in [1.82, 2.24) is 5.06 Å². The summed E-state index contributed by atoms with van der Waals surface area (Å²) in [6, 6.07) is 13.8. The molecule has 3 amide bonds. The van der Waals surface area contributed by atoms with Crippen molar-refractivity contribution in [3.63, 3.8) is 0 Å². The van der Waals surface area contributed by atoms with E-state index < -0.39 is 5.41 Å². The average molecular weight is 350 g/mol. The van der Waals surface area contributed by atoms with E-state index in [0.717, 1.165) is 5.56 Å². The van der Waals surface area contributed by atoms with E-state index in [2.05, 4.69) is 0 Å². The van der Waals surface area contributed by atoms with Crippen molar-refractivity contribution in [2.45, 2.75) is 20.4 Å². The van der Waals surface area contributed by atoms with Gasteiger partial charge < -0.3 is 0 Å². The van der Waals surface area contributed by atoms with Gasteiger partial charge in [0.15, 0.2) is 0 Å². The number of rotatable bonds is 3. The molecule has 2 aromatic rings. The maximum Gasteiger partial charge on any atom is 0.266 e. The molecule has 6 nitrogen and oxygen atoms in total. The standard InChI is InChI=1S/C20H18N2O4/c1-20(2)12-26-21(19(20)25)11-13-7-9-14(10-8-13)22-17(23)15-5-3-4-6-16(15)18(22)24/h3-10H,11-12H2,1-2H3. The van der Waals surface area contributed by atoms with Crippen LogP contribution in [0.15, 0.2) is 48.5 Å². The van der Waals surface area contributed by atoms with Crippen molar-refractivity contribution >= 4 is 23.4 Å². The Kier molecular flexibility index (Phi) is 3.66. The molecule has 2 aliphatic rings. The van der Waals surface area contributed by atoms with Crippen LogP contribution in [0.2, 0.25) is 0 Å². The fourth-order valence-corrected chi connectivity index (χ4v) is 3.15. The lowest BCUT2D eigenvalue weighted by molar-refractivity contribution is -0.165. The van der Waals surface area contributed by atoms with Gasteiger partial charge in [0, 0.05) is 0 Å². The first-order valence-electron chi connectivity index (χ1n) is 8.40. The van der Waals surface area contributed by atoms with Crippen molar-refractivity contribution in [1.29, 1.82) is 0 Å². The van der Waals surface area contributed by atoms with Crippen LogP contribution >= 0.6 is 0 Å². The Labute approximate surface area is 150 Å². The number of hydrogen-bond acceptors (Lipinski definition) is 4. The van der Waals surface area contributed by atoms with Crippen LogP contribution < -0.4 is 4.90 Å². The Bertz CT molecular complexity index is 883. The third-order valence-electron chi connectivity index (χ3n) is 4.70. The van der Waals surface area contributed by atoms with Crippen LogP contribution in [0.3, 0.4) is 0 Å². The van der Waals surface area contributed by atoms with Gasteiger partial charge in [-0.2, -0.15) is 0 Å². The lowest BCUT2D eigenvalue weighted by atomic mass is 9.95. The van der Waals surface area contributed by atoms with E-state index in [1.807, 2.05) is 13.8 Å². The second-order valence-corrected chi connectivity index (χ2v) is 7.16. The third-order valence-corrected chi connectivity index (χ3v) is 4.70. The molecule has 0 spiro atoms. The summed E-state index contributed by atoms with van der Waals surface area (Å²) in [4.78, 5) is 43.9. The van der Waals surface area contributed by atoms with E-state index in [9.17, 15) is 14.4 Å². The number of hydrogen-bond donors (Lipinski definition) is 0. The molecular weight excluding hydrogens is 332 g/mol. The lowest BCUT2D eigenvalue weighted by Gasteiger charge is -2.18. The highest BCUT2D eigenvalue weighted by Crippen LogP contribution is 2.30. The number of carbonyl (C=O) groups excluding carboxylic acids is 3. The Morgan fingerprint density at radius 1 is 0.923 bits per heavy atom. The Hall–Kier alpha value is -2.99. The first kappa shape index (κ1) is 16.5. The van der Waals surface area contributed by atoms with E-state index in [1.54, 1.807) is 48.5 Å². The van der Waals surface area contributed by atoms with Crippen molar-refractivity contribution in [3.8, 4) is 0 Å². The van der Waals surface area contributed by atoms with Crippen molar-refractivity contribution in [2.75, 3.05) is 11.5 Å².